The molecule has 0 aliphatic rings. The van der Waals surface area contributed by atoms with Gasteiger partial charge in [0.05, 0.1) is 19.2 Å². The number of benzene rings is 3. The maximum Gasteiger partial charge on any atom is 0.167 e. The average Bonchev–Trinajstić information content (AvgIpc) is 2.77. The highest BCUT2D eigenvalue weighted by Crippen LogP contribution is 2.37. The Morgan fingerprint density at radius 1 is 1.00 bits per heavy atom. The fourth-order valence-electron chi connectivity index (χ4n) is 3.09. The fraction of sp³-hybridized carbons (Fsp3) is 0.250. The maximum atomic E-state index is 13.3. The van der Waals surface area contributed by atoms with Gasteiger partial charge in [-0.25, -0.2) is 4.39 Å². The summed E-state index contributed by atoms with van der Waals surface area (Å²) in [5, 5.41) is 3.78. The molecule has 0 bridgehead atoms. The van der Waals surface area contributed by atoms with E-state index in [1.807, 2.05) is 24.3 Å². The molecular formula is C24H24BrClFNO3. The molecule has 0 radical (unpaired) electrons. The van der Waals surface area contributed by atoms with Gasteiger partial charge in [0.1, 0.15) is 18.2 Å². The molecule has 1 N–H and O–H groups in total. The van der Waals surface area contributed by atoms with E-state index < -0.39 is 0 Å². The smallest absolute Gasteiger partial charge is 0.167 e. The van der Waals surface area contributed by atoms with Crippen LogP contribution in [0.5, 0.6) is 17.2 Å². The van der Waals surface area contributed by atoms with E-state index in [1.54, 1.807) is 20.3 Å². The third kappa shape index (κ3) is 6.35. The topological polar surface area (TPSA) is 39.7 Å². The largest absolute Gasteiger partial charge is 0.497 e. The Bertz CT molecular complexity index is 1010. The van der Waals surface area contributed by atoms with Gasteiger partial charge < -0.3 is 19.5 Å². The molecule has 3 aromatic rings. The summed E-state index contributed by atoms with van der Waals surface area (Å²) >= 11 is 9.75. The molecule has 0 heterocycles. The first kappa shape index (κ1) is 23.4. The molecule has 0 aliphatic heterocycles. The summed E-state index contributed by atoms with van der Waals surface area (Å²) in [6.45, 7) is 1.57. The normalized spacial score (nSPS) is 10.7. The lowest BCUT2D eigenvalue weighted by molar-refractivity contribution is 0.280. The predicted octanol–water partition coefficient (Wildman–Crippen LogP) is 6.17. The lowest BCUT2D eigenvalue weighted by atomic mass is 10.1. The van der Waals surface area contributed by atoms with E-state index in [-0.39, 0.29) is 12.4 Å². The van der Waals surface area contributed by atoms with Crippen LogP contribution >= 0.6 is 27.5 Å². The Morgan fingerprint density at radius 2 is 1.77 bits per heavy atom. The fourth-order valence-corrected chi connectivity index (χ4v) is 3.77. The molecule has 0 spiro atoms. The molecule has 3 aromatic carbocycles. The number of methoxy groups -OCH3 is 2. The van der Waals surface area contributed by atoms with E-state index in [0.29, 0.717) is 28.6 Å². The maximum absolute atomic E-state index is 13.3. The minimum absolute atomic E-state index is 0.199. The molecule has 164 valence electrons. The van der Waals surface area contributed by atoms with Gasteiger partial charge in [-0.3, -0.25) is 0 Å². The monoisotopic (exact) mass is 507 g/mol. The zero-order chi connectivity index (χ0) is 22.2. The van der Waals surface area contributed by atoms with Crippen LogP contribution in [0.15, 0.2) is 59.1 Å². The molecule has 31 heavy (non-hydrogen) atoms. The molecule has 3 rings (SSSR count). The van der Waals surface area contributed by atoms with E-state index in [0.717, 1.165) is 28.8 Å². The van der Waals surface area contributed by atoms with Gasteiger partial charge in [0.2, 0.25) is 0 Å². The van der Waals surface area contributed by atoms with Crippen molar-refractivity contribution in [3.63, 3.8) is 0 Å². The first-order valence-electron chi connectivity index (χ1n) is 9.77. The summed E-state index contributed by atoms with van der Waals surface area (Å²) in [5.41, 5.74) is 2.86. The lowest BCUT2D eigenvalue weighted by Gasteiger charge is -2.17. The van der Waals surface area contributed by atoms with Gasteiger partial charge in [-0.2, -0.15) is 0 Å². The highest BCUT2D eigenvalue weighted by molar-refractivity contribution is 9.10. The van der Waals surface area contributed by atoms with Crippen LogP contribution in [0.4, 0.5) is 4.39 Å². The van der Waals surface area contributed by atoms with Gasteiger partial charge in [0.25, 0.3) is 0 Å². The molecule has 7 heteroatoms. The number of hydrogen-bond donors (Lipinski definition) is 1. The van der Waals surface area contributed by atoms with Crippen molar-refractivity contribution in [3.05, 3.63) is 86.6 Å². The van der Waals surface area contributed by atoms with Gasteiger partial charge in [0, 0.05) is 22.1 Å². The van der Waals surface area contributed by atoms with Crippen molar-refractivity contribution in [1.29, 1.82) is 0 Å². The first-order chi connectivity index (χ1) is 15.0. The summed E-state index contributed by atoms with van der Waals surface area (Å²) in [7, 11) is 3.26. The van der Waals surface area contributed by atoms with Gasteiger partial charge in [-0.05, 0) is 54.9 Å². The van der Waals surface area contributed by atoms with E-state index in [1.165, 1.54) is 17.7 Å². The Kier molecular flexibility index (Phi) is 8.58. The zero-order valence-electron chi connectivity index (χ0n) is 17.4. The number of rotatable bonds is 10. The minimum Gasteiger partial charge on any atom is -0.497 e. The molecule has 0 aliphatic carbocycles. The van der Waals surface area contributed by atoms with Crippen LogP contribution < -0.4 is 19.5 Å². The second kappa shape index (κ2) is 11.4. The summed E-state index contributed by atoms with van der Waals surface area (Å²) in [5.74, 6) is 1.71. The van der Waals surface area contributed by atoms with Crippen LogP contribution in [-0.2, 0) is 19.6 Å². The van der Waals surface area contributed by atoms with Crippen LogP contribution in [-0.4, -0.2) is 20.8 Å². The molecule has 0 unspecified atom stereocenters. The number of halogens is 3. The highest BCUT2D eigenvalue weighted by atomic mass is 79.9. The van der Waals surface area contributed by atoms with E-state index in [4.69, 9.17) is 25.8 Å². The predicted molar refractivity (Wildman–Crippen MR) is 125 cm³/mol. The lowest BCUT2D eigenvalue weighted by Crippen LogP contribution is -2.18. The first-order valence-corrected chi connectivity index (χ1v) is 10.9. The summed E-state index contributed by atoms with van der Waals surface area (Å²) in [6, 6.07) is 16.1. The van der Waals surface area contributed by atoms with Crippen molar-refractivity contribution in [1.82, 2.24) is 5.32 Å². The Balaban J connectivity index is 1.67. The second-order valence-corrected chi connectivity index (χ2v) is 8.12. The highest BCUT2D eigenvalue weighted by Gasteiger charge is 2.15. The standard InChI is InChI=1S/C24H24BrClFNO3/c1-29-19-7-3-16(4-8-19)11-12-28-14-20-21(25)9-10-23(30-2)24(20)31-15-17-5-6-18(27)13-22(17)26/h3-10,13,28H,11-12,14-15H2,1-2H3. The summed E-state index contributed by atoms with van der Waals surface area (Å²) < 4.78 is 31.0. The number of ether oxygens (including phenoxy) is 3. The summed E-state index contributed by atoms with van der Waals surface area (Å²) in [6.07, 6.45) is 0.882. The van der Waals surface area contributed by atoms with Crippen molar-refractivity contribution in [3.8, 4) is 17.2 Å². The van der Waals surface area contributed by atoms with Crippen LogP contribution in [0.1, 0.15) is 16.7 Å². The van der Waals surface area contributed by atoms with Crippen molar-refractivity contribution in [2.24, 2.45) is 0 Å². The van der Waals surface area contributed by atoms with Crippen molar-refractivity contribution in [2.45, 2.75) is 19.6 Å². The molecule has 4 nitrogen and oxygen atoms in total. The Hall–Kier alpha value is -2.28. The van der Waals surface area contributed by atoms with E-state index in [2.05, 4.69) is 33.4 Å². The average molecular weight is 509 g/mol. The molecule has 0 saturated carbocycles. The third-order valence-electron chi connectivity index (χ3n) is 4.83. The van der Waals surface area contributed by atoms with E-state index >= 15 is 0 Å². The molecule has 0 aromatic heterocycles. The van der Waals surface area contributed by atoms with Crippen molar-refractivity contribution in [2.75, 3.05) is 20.8 Å². The van der Waals surface area contributed by atoms with Gasteiger partial charge in [-0.1, -0.05) is 45.7 Å². The number of hydrogen-bond acceptors (Lipinski definition) is 4. The Labute approximate surface area is 195 Å². The van der Waals surface area contributed by atoms with Crippen LogP contribution in [0.3, 0.4) is 0 Å². The second-order valence-electron chi connectivity index (χ2n) is 6.86. The van der Waals surface area contributed by atoms with Crippen LogP contribution in [0.25, 0.3) is 0 Å². The van der Waals surface area contributed by atoms with Gasteiger partial charge in [-0.15, -0.1) is 0 Å². The Morgan fingerprint density at radius 3 is 2.45 bits per heavy atom. The number of nitrogens with one attached hydrogen (secondary N) is 1. The van der Waals surface area contributed by atoms with Crippen LogP contribution in [0.2, 0.25) is 5.02 Å². The van der Waals surface area contributed by atoms with Crippen molar-refractivity contribution >= 4 is 27.5 Å². The SMILES string of the molecule is COc1ccc(CCNCc2c(Br)ccc(OC)c2OCc2ccc(F)cc2Cl)cc1. The minimum atomic E-state index is -0.379. The molecule has 0 amide bonds. The van der Waals surface area contributed by atoms with E-state index in [9.17, 15) is 4.39 Å². The van der Waals surface area contributed by atoms with Crippen molar-refractivity contribution < 1.29 is 18.6 Å². The molecule has 0 fully saturated rings. The van der Waals surface area contributed by atoms with Gasteiger partial charge in [0.15, 0.2) is 11.5 Å². The van der Waals surface area contributed by atoms with Gasteiger partial charge >= 0.3 is 0 Å². The summed E-state index contributed by atoms with van der Waals surface area (Å²) in [4.78, 5) is 0. The molecule has 0 saturated heterocycles. The zero-order valence-corrected chi connectivity index (χ0v) is 19.7. The quantitative estimate of drug-likeness (QED) is 0.333. The molecular weight excluding hydrogens is 485 g/mol. The molecule has 0 atom stereocenters. The van der Waals surface area contributed by atoms with Crippen LogP contribution in [0, 0.1) is 5.82 Å². The third-order valence-corrected chi connectivity index (χ3v) is 5.92.